The normalized spacial score (nSPS) is 10.1. The highest BCUT2D eigenvalue weighted by Crippen LogP contribution is 2.33. The van der Waals surface area contributed by atoms with E-state index in [-0.39, 0.29) is 18.0 Å². The summed E-state index contributed by atoms with van der Waals surface area (Å²) < 4.78 is 15.8. The summed E-state index contributed by atoms with van der Waals surface area (Å²) in [6.45, 7) is 5.31. The lowest BCUT2D eigenvalue weighted by Gasteiger charge is -2.14. The Morgan fingerprint density at radius 2 is 1.73 bits per heavy atom. The first-order valence-electron chi connectivity index (χ1n) is 8.13. The van der Waals surface area contributed by atoms with Crippen molar-refractivity contribution in [1.82, 2.24) is 0 Å². The number of aryl methyl sites for hydroxylation is 1. The van der Waals surface area contributed by atoms with Crippen LogP contribution in [0.4, 0.5) is 0 Å². The predicted molar refractivity (Wildman–Crippen MR) is 99.2 cm³/mol. The minimum atomic E-state index is -0.600. The Kier molecular flexibility index (Phi) is 6.55. The van der Waals surface area contributed by atoms with Crippen LogP contribution in [0.2, 0.25) is 0 Å². The maximum atomic E-state index is 12.4. The van der Waals surface area contributed by atoms with Crippen LogP contribution in [0.3, 0.4) is 0 Å². The minimum absolute atomic E-state index is 0.259. The van der Waals surface area contributed by atoms with Crippen LogP contribution in [0.1, 0.15) is 31.8 Å². The van der Waals surface area contributed by atoms with Crippen LogP contribution in [-0.4, -0.2) is 32.6 Å². The van der Waals surface area contributed by atoms with Gasteiger partial charge in [-0.1, -0.05) is 35.9 Å². The molecule has 0 bridgehead atoms. The van der Waals surface area contributed by atoms with E-state index in [9.17, 15) is 9.59 Å². The monoisotopic (exact) mass is 354 g/mol. The summed E-state index contributed by atoms with van der Waals surface area (Å²) in [6.07, 6.45) is 2.20. The van der Waals surface area contributed by atoms with E-state index in [0.717, 1.165) is 11.1 Å². The second-order valence-electron chi connectivity index (χ2n) is 5.73. The number of hydrogen-bond acceptors (Lipinski definition) is 5. The van der Waals surface area contributed by atoms with Gasteiger partial charge in [-0.3, -0.25) is 4.79 Å². The molecule has 0 aliphatic carbocycles. The molecule has 0 aliphatic heterocycles. The number of esters is 1. The smallest absolute Gasteiger partial charge is 0.338 e. The van der Waals surface area contributed by atoms with Gasteiger partial charge in [-0.05, 0) is 25.5 Å². The van der Waals surface area contributed by atoms with E-state index in [1.807, 2.05) is 19.1 Å². The van der Waals surface area contributed by atoms with Crippen molar-refractivity contribution in [3.63, 3.8) is 0 Å². The van der Waals surface area contributed by atoms with E-state index >= 15 is 0 Å². The second-order valence-corrected chi connectivity index (χ2v) is 5.73. The zero-order chi connectivity index (χ0) is 19.1. The topological polar surface area (TPSA) is 61.8 Å². The van der Waals surface area contributed by atoms with E-state index in [4.69, 9.17) is 14.2 Å². The van der Waals surface area contributed by atoms with Gasteiger partial charge in [0.25, 0.3) is 0 Å². The van der Waals surface area contributed by atoms with Gasteiger partial charge in [-0.15, -0.1) is 6.58 Å². The summed E-state index contributed by atoms with van der Waals surface area (Å²) in [4.78, 5) is 24.5. The highest BCUT2D eigenvalue weighted by Gasteiger charge is 2.18. The van der Waals surface area contributed by atoms with Crippen molar-refractivity contribution >= 4 is 11.8 Å². The molecule has 0 heterocycles. The van der Waals surface area contributed by atoms with Gasteiger partial charge in [0, 0.05) is 11.1 Å². The molecule has 0 saturated carbocycles. The molecule has 5 nitrogen and oxygen atoms in total. The number of Topliss-reactive ketones (excluding diaryl/α,β-unsaturated/α-hetero) is 1. The van der Waals surface area contributed by atoms with Crippen LogP contribution in [-0.2, 0) is 11.2 Å². The van der Waals surface area contributed by atoms with Crippen LogP contribution >= 0.6 is 0 Å². The average Bonchev–Trinajstić information content (AvgIpc) is 2.65. The molecule has 2 aromatic carbocycles. The first-order chi connectivity index (χ1) is 12.5. The van der Waals surface area contributed by atoms with Gasteiger partial charge in [0.2, 0.25) is 0 Å². The second kappa shape index (κ2) is 8.85. The Hall–Kier alpha value is -3.08. The molecular weight excluding hydrogens is 332 g/mol. The molecule has 0 fully saturated rings. The quantitative estimate of drug-likeness (QED) is 0.410. The largest absolute Gasteiger partial charge is 0.493 e. The number of methoxy groups -OCH3 is 2. The van der Waals surface area contributed by atoms with Gasteiger partial charge >= 0.3 is 5.97 Å². The first-order valence-corrected chi connectivity index (χ1v) is 8.13. The molecule has 26 heavy (non-hydrogen) atoms. The number of ether oxygens (including phenoxy) is 3. The van der Waals surface area contributed by atoms with Crippen molar-refractivity contribution in [1.29, 1.82) is 0 Å². The Morgan fingerprint density at radius 1 is 1.04 bits per heavy atom. The number of hydrogen-bond donors (Lipinski definition) is 0. The van der Waals surface area contributed by atoms with Gasteiger partial charge in [0.15, 0.2) is 23.9 Å². The van der Waals surface area contributed by atoms with Crippen molar-refractivity contribution in [2.75, 3.05) is 20.8 Å². The molecule has 136 valence electrons. The fourth-order valence-electron chi connectivity index (χ4n) is 2.51. The van der Waals surface area contributed by atoms with Crippen LogP contribution in [0.5, 0.6) is 11.5 Å². The summed E-state index contributed by atoms with van der Waals surface area (Å²) in [7, 11) is 3.02. The molecule has 0 amide bonds. The Morgan fingerprint density at radius 3 is 2.31 bits per heavy atom. The molecule has 0 atom stereocenters. The lowest BCUT2D eigenvalue weighted by molar-refractivity contribution is 0.0474. The third kappa shape index (κ3) is 4.51. The molecular formula is C21H22O5. The Labute approximate surface area is 153 Å². The fraction of sp³-hybridized carbons (Fsp3) is 0.238. The van der Waals surface area contributed by atoms with Gasteiger partial charge in [-0.25, -0.2) is 4.79 Å². The third-order valence-electron chi connectivity index (χ3n) is 3.86. The van der Waals surface area contributed by atoms with Crippen molar-refractivity contribution in [2.45, 2.75) is 13.3 Å². The van der Waals surface area contributed by atoms with E-state index < -0.39 is 5.97 Å². The van der Waals surface area contributed by atoms with Crippen molar-refractivity contribution in [3.05, 3.63) is 71.3 Å². The highest BCUT2D eigenvalue weighted by molar-refractivity contribution is 5.99. The lowest BCUT2D eigenvalue weighted by Crippen LogP contribution is -2.15. The number of allylic oxidation sites excluding steroid dienone is 1. The average molecular weight is 354 g/mol. The van der Waals surface area contributed by atoms with E-state index in [1.54, 1.807) is 24.3 Å². The van der Waals surface area contributed by atoms with Crippen LogP contribution in [0, 0.1) is 6.92 Å². The van der Waals surface area contributed by atoms with Gasteiger partial charge in [0.1, 0.15) is 0 Å². The zero-order valence-electron chi connectivity index (χ0n) is 15.2. The molecule has 0 unspecified atom stereocenters. The van der Waals surface area contributed by atoms with Crippen LogP contribution in [0.25, 0.3) is 0 Å². The standard InChI is InChI=1S/C21H22O5/c1-5-6-16-11-17(12-19(24-3)20(16)25-4)21(23)26-13-18(22)15-9-7-14(2)8-10-15/h5,7-12H,1,6,13H2,2-4H3. The minimum Gasteiger partial charge on any atom is -0.493 e. The molecule has 2 aromatic rings. The maximum Gasteiger partial charge on any atom is 0.338 e. The molecule has 0 saturated heterocycles. The molecule has 2 rings (SSSR count). The Balaban J connectivity index is 2.15. The summed E-state index contributed by atoms with van der Waals surface area (Å²) in [6, 6.07) is 10.3. The molecule has 0 N–H and O–H groups in total. The van der Waals surface area contributed by atoms with Crippen molar-refractivity contribution in [3.8, 4) is 11.5 Å². The number of ketones is 1. The van der Waals surface area contributed by atoms with Gasteiger partial charge < -0.3 is 14.2 Å². The summed E-state index contributed by atoms with van der Waals surface area (Å²) in [5.41, 5.74) is 2.59. The van der Waals surface area contributed by atoms with E-state index in [2.05, 4.69) is 6.58 Å². The van der Waals surface area contributed by atoms with Crippen molar-refractivity contribution < 1.29 is 23.8 Å². The number of carbonyl (C=O) groups is 2. The molecule has 0 spiro atoms. The van der Waals surface area contributed by atoms with Crippen LogP contribution in [0.15, 0.2) is 49.1 Å². The van der Waals surface area contributed by atoms with Gasteiger partial charge in [0.05, 0.1) is 19.8 Å². The molecule has 0 aliphatic rings. The fourth-order valence-corrected chi connectivity index (χ4v) is 2.51. The Bertz CT molecular complexity index is 806. The number of rotatable bonds is 8. The SMILES string of the molecule is C=CCc1cc(C(=O)OCC(=O)c2ccc(C)cc2)cc(OC)c1OC. The number of benzene rings is 2. The van der Waals surface area contributed by atoms with E-state index in [0.29, 0.717) is 23.5 Å². The predicted octanol–water partition coefficient (Wildman–Crippen LogP) is 3.78. The van der Waals surface area contributed by atoms with Crippen LogP contribution < -0.4 is 9.47 Å². The summed E-state index contributed by atoms with van der Waals surface area (Å²) in [5.74, 6) is 0.102. The van der Waals surface area contributed by atoms with Gasteiger partial charge in [-0.2, -0.15) is 0 Å². The third-order valence-corrected chi connectivity index (χ3v) is 3.86. The molecule has 0 radical (unpaired) electrons. The molecule has 5 heteroatoms. The van der Waals surface area contributed by atoms with Crippen molar-refractivity contribution in [2.24, 2.45) is 0 Å². The summed E-state index contributed by atoms with van der Waals surface area (Å²) >= 11 is 0. The maximum absolute atomic E-state index is 12.4. The highest BCUT2D eigenvalue weighted by atomic mass is 16.5. The zero-order valence-corrected chi connectivity index (χ0v) is 15.2. The summed E-state index contributed by atoms with van der Waals surface area (Å²) in [5, 5.41) is 0. The number of carbonyl (C=O) groups excluding carboxylic acids is 2. The first kappa shape index (κ1) is 19.2. The lowest BCUT2D eigenvalue weighted by atomic mass is 10.1. The molecule has 0 aromatic heterocycles. The van der Waals surface area contributed by atoms with E-state index in [1.165, 1.54) is 20.3 Å².